The summed E-state index contributed by atoms with van der Waals surface area (Å²) in [6.07, 6.45) is 7.23. The Balaban J connectivity index is 1.97. The van der Waals surface area contributed by atoms with Crippen LogP contribution in [0.15, 0.2) is 53.9 Å². The highest BCUT2D eigenvalue weighted by Crippen LogP contribution is 2.21. The average Bonchev–Trinajstić information content (AvgIpc) is 2.91. The van der Waals surface area contributed by atoms with Crippen molar-refractivity contribution in [2.24, 2.45) is 0 Å². The summed E-state index contributed by atoms with van der Waals surface area (Å²) in [5.74, 6) is 0.793. The van der Waals surface area contributed by atoms with E-state index in [1.807, 2.05) is 18.2 Å². The van der Waals surface area contributed by atoms with Gasteiger partial charge in [-0.1, -0.05) is 6.08 Å². The zero-order valence-electron chi connectivity index (χ0n) is 10.6. The summed E-state index contributed by atoms with van der Waals surface area (Å²) in [6, 6.07) is 8.62. The van der Waals surface area contributed by atoms with Crippen molar-refractivity contribution in [2.75, 3.05) is 5.32 Å². The van der Waals surface area contributed by atoms with E-state index < -0.39 is 0 Å². The second-order valence-electron chi connectivity index (χ2n) is 4.35. The largest absolute Gasteiger partial charge is 0.444 e. The quantitative estimate of drug-likeness (QED) is 0.775. The van der Waals surface area contributed by atoms with Crippen molar-refractivity contribution in [3.8, 4) is 11.3 Å². The van der Waals surface area contributed by atoms with Gasteiger partial charge in [-0.25, -0.2) is 4.98 Å². The number of aromatic nitrogens is 1. The molecule has 94 valence electrons. The predicted molar refractivity (Wildman–Crippen MR) is 74.5 cm³/mol. The lowest BCUT2D eigenvalue weighted by atomic mass is 10.1. The predicted octanol–water partition coefficient (Wildman–Crippen LogP) is 4.11. The van der Waals surface area contributed by atoms with Gasteiger partial charge in [-0.05, 0) is 44.0 Å². The lowest BCUT2D eigenvalue weighted by Gasteiger charge is -2.14. The van der Waals surface area contributed by atoms with E-state index in [2.05, 4.69) is 35.9 Å². The van der Waals surface area contributed by atoms with Gasteiger partial charge in [0.2, 0.25) is 0 Å². The van der Waals surface area contributed by atoms with E-state index in [1.165, 1.54) is 6.39 Å². The molecule has 0 fully saturated rings. The highest BCUT2D eigenvalue weighted by atomic mass is 16.3. The monoisotopic (exact) mass is 242 g/mol. The molecule has 0 aliphatic carbocycles. The zero-order valence-corrected chi connectivity index (χ0v) is 10.6. The van der Waals surface area contributed by atoms with Crippen molar-refractivity contribution in [2.45, 2.75) is 25.8 Å². The van der Waals surface area contributed by atoms with Crippen LogP contribution in [0.4, 0.5) is 5.69 Å². The van der Waals surface area contributed by atoms with Gasteiger partial charge >= 0.3 is 0 Å². The van der Waals surface area contributed by atoms with Crippen LogP contribution in [-0.2, 0) is 0 Å². The number of nitrogens with zero attached hydrogens (tertiary/aromatic N) is 1. The molecule has 1 N–H and O–H groups in total. The molecule has 2 aromatic rings. The molecule has 0 radical (unpaired) electrons. The Bertz CT molecular complexity index is 474. The van der Waals surface area contributed by atoms with Crippen LogP contribution < -0.4 is 5.32 Å². The van der Waals surface area contributed by atoms with E-state index in [1.54, 1.807) is 6.20 Å². The van der Waals surface area contributed by atoms with Gasteiger partial charge in [0.05, 0.1) is 6.20 Å². The van der Waals surface area contributed by atoms with Crippen LogP contribution in [-0.4, -0.2) is 11.0 Å². The van der Waals surface area contributed by atoms with Crippen molar-refractivity contribution in [3.63, 3.8) is 0 Å². The van der Waals surface area contributed by atoms with Crippen molar-refractivity contribution < 1.29 is 4.42 Å². The number of anilines is 1. The van der Waals surface area contributed by atoms with E-state index in [-0.39, 0.29) is 0 Å². The Labute approximate surface area is 108 Å². The van der Waals surface area contributed by atoms with E-state index in [4.69, 9.17) is 4.42 Å². The Hall–Kier alpha value is -2.03. The van der Waals surface area contributed by atoms with Crippen molar-refractivity contribution >= 4 is 5.69 Å². The van der Waals surface area contributed by atoms with Crippen LogP contribution >= 0.6 is 0 Å². The summed E-state index contributed by atoms with van der Waals surface area (Å²) < 4.78 is 5.25. The molecule has 0 saturated heterocycles. The third-order valence-electron chi connectivity index (χ3n) is 2.82. The fourth-order valence-corrected chi connectivity index (χ4v) is 1.81. The van der Waals surface area contributed by atoms with E-state index >= 15 is 0 Å². The highest BCUT2D eigenvalue weighted by Gasteiger charge is 2.03. The molecular formula is C15H18N2O. The molecular weight excluding hydrogens is 224 g/mol. The van der Waals surface area contributed by atoms with Gasteiger partial charge in [0, 0.05) is 17.3 Å². The maximum atomic E-state index is 5.25. The molecule has 1 aromatic heterocycles. The average molecular weight is 242 g/mol. The Morgan fingerprint density at radius 2 is 2.17 bits per heavy atom. The minimum Gasteiger partial charge on any atom is -0.444 e. The van der Waals surface area contributed by atoms with E-state index in [0.29, 0.717) is 6.04 Å². The smallest absolute Gasteiger partial charge is 0.181 e. The summed E-state index contributed by atoms with van der Waals surface area (Å²) in [7, 11) is 0. The summed E-state index contributed by atoms with van der Waals surface area (Å²) in [4.78, 5) is 3.91. The molecule has 0 amide bonds. The van der Waals surface area contributed by atoms with E-state index in [0.717, 1.165) is 29.9 Å². The SMILES string of the molecule is C=CCCC(C)Nc1ccc(-c2cnco2)cc1. The first-order chi connectivity index (χ1) is 8.79. The molecule has 0 spiro atoms. The van der Waals surface area contributed by atoms with Crippen LogP contribution in [0.5, 0.6) is 0 Å². The third kappa shape index (κ3) is 3.23. The fourth-order valence-electron chi connectivity index (χ4n) is 1.81. The molecule has 0 bridgehead atoms. The van der Waals surface area contributed by atoms with Crippen molar-refractivity contribution in [1.29, 1.82) is 0 Å². The maximum absolute atomic E-state index is 5.25. The summed E-state index contributed by atoms with van der Waals surface area (Å²) in [6.45, 7) is 5.91. The molecule has 3 heteroatoms. The lowest BCUT2D eigenvalue weighted by Crippen LogP contribution is -2.14. The first kappa shape index (κ1) is 12.4. The first-order valence-corrected chi connectivity index (χ1v) is 6.16. The Kier molecular flexibility index (Phi) is 4.18. The minimum absolute atomic E-state index is 0.444. The molecule has 0 aliphatic heterocycles. The molecule has 1 atom stereocenters. The molecule has 1 heterocycles. The first-order valence-electron chi connectivity index (χ1n) is 6.16. The molecule has 1 aromatic carbocycles. The molecule has 1 unspecified atom stereocenters. The molecule has 0 saturated carbocycles. The fraction of sp³-hybridized carbons (Fsp3) is 0.267. The number of nitrogens with one attached hydrogen (secondary N) is 1. The molecule has 3 nitrogen and oxygen atoms in total. The van der Waals surface area contributed by atoms with Crippen LogP contribution in [0.2, 0.25) is 0 Å². The van der Waals surface area contributed by atoms with Gasteiger partial charge in [0.15, 0.2) is 12.2 Å². The van der Waals surface area contributed by atoms with E-state index in [9.17, 15) is 0 Å². The van der Waals surface area contributed by atoms with Gasteiger partial charge in [0.25, 0.3) is 0 Å². The summed E-state index contributed by atoms with van der Waals surface area (Å²) in [5.41, 5.74) is 2.16. The lowest BCUT2D eigenvalue weighted by molar-refractivity contribution is 0.572. The van der Waals surface area contributed by atoms with Gasteiger partial charge < -0.3 is 9.73 Å². The topological polar surface area (TPSA) is 38.1 Å². The second-order valence-corrected chi connectivity index (χ2v) is 4.35. The zero-order chi connectivity index (χ0) is 12.8. The van der Waals surface area contributed by atoms with Gasteiger partial charge in [-0.3, -0.25) is 0 Å². The number of hydrogen-bond donors (Lipinski definition) is 1. The van der Waals surface area contributed by atoms with Crippen molar-refractivity contribution in [3.05, 3.63) is 49.5 Å². The molecule has 18 heavy (non-hydrogen) atoms. The molecule has 2 rings (SSSR count). The minimum atomic E-state index is 0.444. The summed E-state index contributed by atoms with van der Waals surface area (Å²) >= 11 is 0. The van der Waals surface area contributed by atoms with Crippen LogP contribution in [0, 0.1) is 0 Å². The van der Waals surface area contributed by atoms with Gasteiger partial charge in [0.1, 0.15) is 0 Å². The number of hydrogen-bond acceptors (Lipinski definition) is 3. The van der Waals surface area contributed by atoms with Crippen LogP contribution in [0.3, 0.4) is 0 Å². The number of allylic oxidation sites excluding steroid dienone is 1. The number of benzene rings is 1. The number of oxazole rings is 1. The Morgan fingerprint density at radius 3 is 2.78 bits per heavy atom. The van der Waals surface area contributed by atoms with Gasteiger partial charge in [-0.15, -0.1) is 6.58 Å². The van der Waals surface area contributed by atoms with Crippen molar-refractivity contribution in [1.82, 2.24) is 4.98 Å². The van der Waals surface area contributed by atoms with Gasteiger partial charge in [-0.2, -0.15) is 0 Å². The highest BCUT2D eigenvalue weighted by molar-refractivity contribution is 5.60. The maximum Gasteiger partial charge on any atom is 0.181 e. The number of rotatable bonds is 6. The normalized spacial score (nSPS) is 12.1. The molecule has 0 aliphatic rings. The van der Waals surface area contributed by atoms with Crippen LogP contribution in [0.1, 0.15) is 19.8 Å². The summed E-state index contributed by atoms with van der Waals surface area (Å²) in [5, 5.41) is 3.46. The van der Waals surface area contributed by atoms with Crippen LogP contribution in [0.25, 0.3) is 11.3 Å². The second kappa shape index (κ2) is 6.05. The Morgan fingerprint density at radius 1 is 1.39 bits per heavy atom. The third-order valence-corrected chi connectivity index (χ3v) is 2.82. The standard InChI is InChI=1S/C15H18N2O/c1-3-4-5-12(2)17-14-8-6-13(7-9-14)15-10-16-11-18-15/h3,6-12,17H,1,4-5H2,2H3.